The van der Waals surface area contributed by atoms with Crippen LogP contribution in [0.4, 0.5) is 10.9 Å². The predicted octanol–water partition coefficient (Wildman–Crippen LogP) is 2.38. The van der Waals surface area contributed by atoms with Crippen LogP contribution in [0.3, 0.4) is 0 Å². The highest BCUT2D eigenvalue weighted by Crippen LogP contribution is 2.40. The molecule has 0 aromatic carbocycles. The van der Waals surface area contributed by atoms with Crippen molar-refractivity contribution in [2.75, 3.05) is 37.0 Å². The molecule has 5 rings (SSSR count). The normalized spacial score (nSPS) is 15.6. The summed E-state index contributed by atoms with van der Waals surface area (Å²) in [4.78, 5) is 21.7. The highest BCUT2D eigenvalue weighted by molar-refractivity contribution is 7.22. The topological polar surface area (TPSA) is 97.0 Å². The van der Waals surface area contributed by atoms with Gasteiger partial charge in [0.1, 0.15) is 11.0 Å². The van der Waals surface area contributed by atoms with Crippen LogP contribution in [0.2, 0.25) is 0 Å². The van der Waals surface area contributed by atoms with Gasteiger partial charge in [-0.1, -0.05) is 11.3 Å². The maximum absolute atomic E-state index is 5.95. The highest BCUT2D eigenvalue weighted by Gasteiger charge is 2.46. The van der Waals surface area contributed by atoms with E-state index in [1.807, 2.05) is 31.1 Å². The average molecular weight is 394 g/mol. The van der Waals surface area contributed by atoms with E-state index in [2.05, 4.69) is 42.0 Å². The quantitative estimate of drug-likeness (QED) is 0.517. The van der Waals surface area contributed by atoms with Crippen LogP contribution in [0.25, 0.3) is 21.8 Å². The van der Waals surface area contributed by atoms with E-state index in [1.54, 1.807) is 30.1 Å². The molecule has 142 valence electrons. The molecule has 0 spiro atoms. The molecule has 1 saturated heterocycles. The van der Waals surface area contributed by atoms with Crippen molar-refractivity contribution in [3.05, 3.63) is 36.7 Å². The molecule has 1 aliphatic rings. The Bertz CT molecular complexity index is 1130. The summed E-state index contributed by atoms with van der Waals surface area (Å²) in [5, 5.41) is 9.39. The van der Waals surface area contributed by atoms with Crippen LogP contribution < -0.4 is 9.80 Å². The smallest absolute Gasteiger partial charge is 0.249 e. The van der Waals surface area contributed by atoms with Crippen molar-refractivity contribution < 1.29 is 4.42 Å². The van der Waals surface area contributed by atoms with Crippen molar-refractivity contribution in [1.29, 1.82) is 0 Å². The number of rotatable bonds is 4. The molecular weight excluding hydrogens is 376 g/mol. The molecule has 4 aromatic rings. The summed E-state index contributed by atoms with van der Waals surface area (Å²) in [6.45, 7) is 3.60. The summed E-state index contributed by atoms with van der Waals surface area (Å²) in [6, 6.07) is 3.76. The number of pyridine rings is 1. The molecule has 1 aliphatic heterocycles. The van der Waals surface area contributed by atoms with E-state index in [9.17, 15) is 0 Å². The summed E-state index contributed by atoms with van der Waals surface area (Å²) < 4.78 is 6.94. The largest absolute Gasteiger partial charge is 0.420 e. The van der Waals surface area contributed by atoms with Gasteiger partial charge in [0.15, 0.2) is 16.6 Å². The zero-order chi connectivity index (χ0) is 19.3. The molecule has 0 atom stereocenters. The first-order valence-corrected chi connectivity index (χ1v) is 9.63. The van der Waals surface area contributed by atoms with Gasteiger partial charge in [-0.2, -0.15) is 4.98 Å². The van der Waals surface area contributed by atoms with E-state index in [1.165, 1.54) is 0 Å². The van der Waals surface area contributed by atoms with Gasteiger partial charge in [-0.3, -0.25) is 4.98 Å². The minimum absolute atomic E-state index is 0.222. The first-order valence-electron chi connectivity index (χ1n) is 8.82. The molecular formula is C18H18N8OS. The third-order valence-corrected chi connectivity index (χ3v) is 5.98. The molecule has 10 heteroatoms. The molecule has 9 nitrogen and oxygen atoms in total. The van der Waals surface area contributed by atoms with Gasteiger partial charge in [0, 0.05) is 39.6 Å². The Kier molecular flexibility index (Phi) is 3.76. The van der Waals surface area contributed by atoms with Crippen molar-refractivity contribution in [2.24, 2.45) is 0 Å². The SMILES string of the molecule is CN(C)c1nc2ncnc(N3CC(C)(c4nnc(-c5cccnc5)o4)C3)c2s1. The summed E-state index contributed by atoms with van der Waals surface area (Å²) in [5.74, 6) is 2.02. The van der Waals surface area contributed by atoms with E-state index in [4.69, 9.17) is 4.42 Å². The van der Waals surface area contributed by atoms with Crippen LogP contribution in [0, 0.1) is 0 Å². The fourth-order valence-electron chi connectivity index (χ4n) is 3.30. The van der Waals surface area contributed by atoms with E-state index in [0.717, 1.165) is 39.9 Å². The molecule has 28 heavy (non-hydrogen) atoms. The van der Waals surface area contributed by atoms with Gasteiger partial charge in [-0.25, -0.2) is 9.97 Å². The van der Waals surface area contributed by atoms with Crippen molar-refractivity contribution in [3.8, 4) is 11.5 Å². The number of nitrogens with zero attached hydrogens (tertiary/aromatic N) is 8. The Morgan fingerprint density at radius 1 is 1.21 bits per heavy atom. The van der Waals surface area contributed by atoms with Gasteiger partial charge < -0.3 is 14.2 Å². The third kappa shape index (κ3) is 2.68. The number of hydrogen-bond acceptors (Lipinski definition) is 10. The highest BCUT2D eigenvalue weighted by atomic mass is 32.1. The number of hydrogen-bond donors (Lipinski definition) is 0. The summed E-state index contributed by atoms with van der Waals surface area (Å²) >= 11 is 1.60. The minimum atomic E-state index is -0.222. The second-order valence-electron chi connectivity index (χ2n) is 7.31. The van der Waals surface area contributed by atoms with E-state index in [0.29, 0.717) is 11.8 Å². The molecule has 0 saturated carbocycles. The van der Waals surface area contributed by atoms with Gasteiger partial charge >= 0.3 is 0 Å². The average Bonchev–Trinajstić information content (AvgIpc) is 3.33. The predicted molar refractivity (Wildman–Crippen MR) is 107 cm³/mol. The fraction of sp³-hybridized carbons (Fsp3) is 0.333. The van der Waals surface area contributed by atoms with E-state index < -0.39 is 0 Å². The molecule has 0 bridgehead atoms. The lowest BCUT2D eigenvalue weighted by Gasteiger charge is -2.46. The Hall–Kier alpha value is -3.14. The Morgan fingerprint density at radius 2 is 2.07 bits per heavy atom. The van der Waals surface area contributed by atoms with Crippen LogP contribution in [0.1, 0.15) is 12.8 Å². The van der Waals surface area contributed by atoms with Gasteiger partial charge in [-0.05, 0) is 19.1 Å². The molecule has 0 unspecified atom stereocenters. The van der Waals surface area contributed by atoms with E-state index >= 15 is 0 Å². The molecule has 0 radical (unpaired) electrons. The molecule has 0 amide bonds. The van der Waals surface area contributed by atoms with Crippen LogP contribution in [-0.2, 0) is 5.41 Å². The fourth-order valence-corrected chi connectivity index (χ4v) is 4.26. The summed E-state index contributed by atoms with van der Waals surface area (Å²) in [6.07, 6.45) is 5.01. The third-order valence-electron chi connectivity index (χ3n) is 4.77. The summed E-state index contributed by atoms with van der Waals surface area (Å²) in [5.41, 5.74) is 1.32. The standard InChI is InChI=1S/C18H18N8OS/c1-18(16-24-23-15(27-16)11-5-4-6-19-7-11)8-26(9-18)14-12-13(20-10-21-14)22-17(28-12)25(2)3/h4-7,10H,8-9H2,1-3H3. The lowest BCUT2D eigenvalue weighted by Crippen LogP contribution is -2.58. The zero-order valence-electron chi connectivity index (χ0n) is 15.7. The van der Waals surface area contributed by atoms with Crippen molar-refractivity contribution in [3.63, 3.8) is 0 Å². The van der Waals surface area contributed by atoms with Crippen LogP contribution >= 0.6 is 11.3 Å². The monoisotopic (exact) mass is 394 g/mol. The first kappa shape index (κ1) is 17.0. The van der Waals surface area contributed by atoms with Crippen LogP contribution in [-0.4, -0.2) is 57.3 Å². The van der Waals surface area contributed by atoms with Gasteiger partial charge in [0.05, 0.1) is 11.0 Å². The first-order chi connectivity index (χ1) is 13.5. The molecule has 4 aromatic heterocycles. The molecule has 0 N–H and O–H groups in total. The number of thiazole rings is 1. The Morgan fingerprint density at radius 3 is 2.82 bits per heavy atom. The number of aromatic nitrogens is 6. The van der Waals surface area contributed by atoms with Crippen molar-refractivity contribution in [1.82, 2.24) is 30.1 Å². The van der Waals surface area contributed by atoms with Gasteiger partial charge in [0.2, 0.25) is 11.8 Å². The van der Waals surface area contributed by atoms with E-state index in [-0.39, 0.29) is 5.41 Å². The zero-order valence-corrected chi connectivity index (χ0v) is 16.5. The lowest BCUT2D eigenvalue weighted by atomic mass is 9.82. The Balaban J connectivity index is 1.40. The summed E-state index contributed by atoms with van der Waals surface area (Å²) in [7, 11) is 3.95. The Labute approximate surface area is 165 Å². The number of fused-ring (bicyclic) bond motifs is 1. The maximum Gasteiger partial charge on any atom is 0.249 e. The van der Waals surface area contributed by atoms with Gasteiger partial charge in [-0.15, -0.1) is 10.2 Å². The molecule has 5 heterocycles. The minimum Gasteiger partial charge on any atom is -0.420 e. The second-order valence-corrected chi connectivity index (χ2v) is 8.29. The molecule has 1 fully saturated rings. The van der Waals surface area contributed by atoms with Crippen molar-refractivity contribution in [2.45, 2.75) is 12.3 Å². The lowest BCUT2D eigenvalue weighted by molar-refractivity contribution is 0.284. The number of anilines is 2. The van der Waals surface area contributed by atoms with Crippen LogP contribution in [0.15, 0.2) is 35.3 Å². The maximum atomic E-state index is 5.95. The van der Waals surface area contributed by atoms with Crippen molar-refractivity contribution >= 4 is 32.6 Å². The van der Waals surface area contributed by atoms with Crippen LogP contribution in [0.5, 0.6) is 0 Å². The van der Waals surface area contributed by atoms with Gasteiger partial charge in [0.25, 0.3) is 0 Å². The second kappa shape index (κ2) is 6.20. The molecule has 0 aliphatic carbocycles.